The summed E-state index contributed by atoms with van der Waals surface area (Å²) < 4.78 is 0. The first-order valence-electron chi connectivity index (χ1n) is 6.19. The van der Waals surface area contributed by atoms with Gasteiger partial charge in [0.1, 0.15) is 18.3 Å². The Hall–Kier alpha value is -2.04. The predicted molar refractivity (Wildman–Crippen MR) is 69.1 cm³/mol. The van der Waals surface area contributed by atoms with Gasteiger partial charge in [0, 0.05) is 0 Å². The van der Waals surface area contributed by atoms with E-state index in [1.54, 1.807) is 18.2 Å². The van der Waals surface area contributed by atoms with Crippen LogP contribution in [0.3, 0.4) is 0 Å². The molecule has 0 saturated heterocycles. The minimum Gasteiger partial charge on any atom is -0.394 e. The molecule has 9 nitrogen and oxygen atoms in total. The fourth-order valence-electron chi connectivity index (χ4n) is 1.41. The van der Waals surface area contributed by atoms with Crippen molar-refractivity contribution in [2.24, 2.45) is 0 Å². The second kappa shape index (κ2) is 8.41. The van der Waals surface area contributed by atoms with Gasteiger partial charge in [0.25, 0.3) is 0 Å². The maximum atomic E-state index is 11.5. The third kappa shape index (κ3) is 4.76. The Morgan fingerprint density at radius 1 is 0.955 bits per heavy atom. The lowest BCUT2D eigenvalue weighted by atomic mass is 10.0. The predicted octanol–water partition coefficient (Wildman–Crippen LogP) is -2.26. The standard InChI is InChI=1S/C13H16O9/c14-6-8(15)9(16)10(17)11(18)13(20)22-21-12(19)7-4-2-1-3-5-7/h1-5,8-11,14-18H,6H2/t8-,9-,10+,11-/m1/s1. The molecule has 0 amide bonds. The number of benzene rings is 1. The molecule has 122 valence electrons. The zero-order valence-corrected chi connectivity index (χ0v) is 11.3. The van der Waals surface area contributed by atoms with Crippen molar-refractivity contribution in [2.45, 2.75) is 24.4 Å². The molecule has 1 aromatic carbocycles. The van der Waals surface area contributed by atoms with Gasteiger partial charge >= 0.3 is 11.9 Å². The van der Waals surface area contributed by atoms with Crippen LogP contribution in [0.4, 0.5) is 0 Å². The van der Waals surface area contributed by atoms with Crippen LogP contribution in [0.15, 0.2) is 30.3 Å². The van der Waals surface area contributed by atoms with E-state index in [1.165, 1.54) is 12.1 Å². The maximum Gasteiger partial charge on any atom is 0.386 e. The number of hydrogen-bond acceptors (Lipinski definition) is 9. The molecule has 0 fully saturated rings. The number of carbonyl (C=O) groups excluding carboxylic acids is 2. The van der Waals surface area contributed by atoms with Crippen molar-refractivity contribution in [2.75, 3.05) is 6.61 Å². The molecule has 4 atom stereocenters. The zero-order valence-electron chi connectivity index (χ0n) is 11.3. The molecule has 0 spiro atoms. The van der Waals surface area contributed by atoms with Crippen LogP contribution in [0, 0.1) is 0 Å². The molecule has 0 bridgehead atoms. The maximum absolute atomic E-state index is 11.5. The van der Waals surface area contributed by atoms with E-state index in [4.69, 9.17) is 10.2 Å². The Labute approximate surface area is 124 Å². The molecule has 0 aliphatic heterocycles. The van der Waals surface area contributed by atoms with Crippen LogP contribution in [-0.2, 0) is 14.6 Å². The second-order valence-corrected chi connectivity index (χ2v) is 4.32. The monoisotopic (exact) mass is 316 g/mol. The first kappa shape index (κ1) is 18.0. The lowest BCUT2D eigenvalue weighted by Crippen LogP contribution is -2.49. The molecular formula is C13H16O9. The van der Waals surface area contributed by atoms with Gasteiger partial charge in [-0.1, -0.05) is 18.2 Å². The smallest absolute Gasteiger partial charge is 0.386 e. The number of aliphatic hydroxyl groups is 5. The van der Waals surface area contributed by atoms with E-state index in [0.29, 0.717) is 0 Å². The number of hydrogen-bond donors (Lipinski definition) is 5. The molecule has 0 aliphatic rings. The van der Waals surface area contributed by atoms with Crippen molar-refractivity contribution in [1.29, 1.82) is 0 Å². The summed E-state index contributed by atoms with van der Waals surface area (Å²) in [6.07, 6.45) is -8.22. The summed E-state index contributed by atoms with van der Waals surface area (Å²) in [7, 11) is 0. The van der Waals surface area contributed by atoms with E-state index >= 15 is 0 Å². The van der Waals surface area contributed by atoms with E-state index in [0.717, 1.165) is 0 Å². The van der Waals surface area contributed by atoms with E-state index in [1.807, 2.05) is 0 Å². The van der Waals surface area contributed by atoms with Gasteiger partial charge < -0.3 is 25.5 Å². The first-order valence-corrected chi connectivity index (χ1v) is 6.19. The van der Waals surface area contributed by atoms with Crippen LogP contribution in [0.1, 0.15) is 10.4 Å². The van der Waals surface area contributed by atoms with Crippen molar-refractivity contribution in [3.8, 4) is 0 Å². The SMILES string of the molecule is O=C(OOC(=O)[C@H](O)[C@@H](O)[C@H](O)[C@H](O)CO)c1ccccc1. The van der Waals surface area contributed by atoms with Crippen LogP contribution in [0.5, 0.6) is 0 Å². The molecule has 1 rings (SSSR count). The normalized spacial score (nSPS) is 16.2. The highest BCUT2D eigenvalue weighted by Crippen LogP contribution is 2.08. The topological polar surface area (TPSA) is 154 Å². The van der Waals surface area contributed by atoms with Crippen molar-refractivity contribution in [3.63, 3.8) is 0 Å². The van der Waals surface area contributed by atoms with Crippen LogP contribution in [0.25, 0.3) is 0 Å². The lowest BCUT2D eigenvalue weighted by Gasteiger charge is -2.23. The Morgan fingerprint density at radius 2 is 1.55 bits per heavy atom. The summed E-state index contributed by atoms with van der Waals surface area (Å²) in [5.41, 5.74) is 0.0843. The van der Waals surface area contributed by atoms with Crippen molar-refractivity contribution < 1.29 is 44.9 Å². The molecule has 22 heavy (non-hydrogen) atoms. The third-order valence-electron chi connectivity index (χ3n) is 2.71. The summed E-state index contributed by atoms with van der Waals surface area (Å²) in [6, 6.07) is 7.52. The molecule has 0 heterocycles. The molecule has 9 heteroatoms. The summed E-state index contributed by atoms with van der Waals surface area (Å²) in [5.74, 6) is -2.56. The summed E-state index contributed by atoms with van der Waals surface area (Å²) in [4.78, 5) is 31.1. The summed E-state index contributed by atoms with van der Waals surface area (Å²) in [6.45, 7) is -0.900. The number of carbonyl (C=O) groups is 2. The lowest BCUT2D eigenvalue weighted by molar-refractivity contribution is -0.248. The fraction of sp³-hybridized carbons (Fsp3) is 0.385. The molecule has 0 saturated carbocycles. The van der Waals surface area contributed by atoms with Crippen LogP contribution in [-0.4, -0.2) is 68.5 Å². The highest BCUT2D eigenvalue weighted by atomic mass is 17.2. The molecule has 0 aliphatic carbocycles. The van der Waals surface area contributed by atoms with E-state index in [9.17, 15) is 24.9 Å². The molecule has 0 unspecified atom stereocenters. The number of rotatable bonds is 6. The first-order chi connectivity index (χ1) is 10.4. The molecule has 0 radical (unpaired) electrons. The molecule has 0 aromatic heterocycles. The van der Waals surface area contributed by atoms with E-state index in [-0.39, 0.29) is 5.56 Å². The van der Waals surface area contributed by atoms with E-state index < -0.39 is 43.0 Å². The van der Waals surface area contributed by atoms with Gasteiger partial charge in [-0.25, -0.2) is 19.4 Å². The van der Waals surface area contributed by atoms with E-state index in [2.05, 4.69) is 9.78 Å². The zero-order chi connectivity index (χ0) is 16.7. The van der Waals surface area contributed by atoms with Crippen LogP contribution in [0.2, 0.25) is 0 Å². The number of aliphatic hydroxyl groups excluding tert-OH is 5. The Morgan fingerprint density at radius 3 is 2.09 bits per heavy atom. The van der Waals surface area contributed by atoms with Crippen LogP contribution < -0.4 is 0 Å². The Balaban J connectivity index is 2.52. The Kier molecular flexibility index (Phi) is 6.89. The summed E-state index contributed by atoms with van der Waals surface area (Å²) in [5, 5.41) is 45.8. The molecule has 5 N–H and O–H groups in total. The van der Waals surface area contributed by atoms with Gasteiger partial charge in [0.15, 0.2) is 6.10 Å². The minimum absolute atomic E-state index is 0.0843. The van der Waals surface area contributed by atoms with Gasteiger partial charge in [0.05, 0.1) is 12.2 Å². The average Bonchev–Trinajstić information content (AvgIpc) is 2.57. The quantitative estimate of drug-likeness (QED) is 0.289. The Bertz CT molecular complexity index is 490. The van der Waals surface area contributed by atoms with Crippen molar-refractivity contribution in [3.05, 3.63) is 35.9 Å². The highest BCUT2D eigenvalue weighted by Gasteiger charge is 2.36. The largest absolute Gasteiger partial charge is 0.394 e. The van der Waals surface area contributed by atoms with Crippen molar-refractivity contribution >= 4 is 11.9 Å². The van der Waals surface area contributed by atoms with Crippen molar-refractivity contribution in [1.82, 2.24) is 0 Å². The summed E-state index contributed by atoms with van der Waals surface area (Å²) >= 11 is 0. The second-order valence-electron chi connectivity index (χ2n) is 4.32. The van der Waals surface area contributed by atoms with Gasteiger partial charge in [-0.05, 0) is 12.1 Å². The average molecular weight is 316 g/mol. The minimum atomic E-state index is -2.29. The van der Waals surface area contributed by atoms with Gasteiger partial charge in [-0.2, -0.15) is 0 Å². The van der Waals surface area contributed by atoms with Crippen LogP contribution >= 0.6 is 0 Å². The van der Waals surface area contributed by atoms with Gasteiger partial charge in [0.2, 0.25) is 0 Å². The van der Waals surface area contributed by atoms with Gasteiger partial charge in [-0.15, -0.1) is 0 Å². The molecule has 1 aromatic rings. The van der Waals surface area contributed by atoms with Gasteiger partial charge in [-0.3, -0.25) is 0 Å². The molecular weight excluding hydrogens is 300 g/mol. The highest BCUT2D eigenvalue weighted by molar-refractivity contribution is 5.89. The fourth-order valence-corrected chi connectivity index (χ4v) is 1.41. The third-order valence-corrected chi connectivity index (χ3v) is 2.71.